The first-order valence-corrected chi connectivity index (χ1v) is 8.63. The normalized spacial score (nSPS) is 15.3. The molecular formula is C20H21N5. The molecule has 1 aliphatic heterocycles. The number of rotatable bonds is 4. The Bertz CT molecular complexity index is 799. The molecule has 0 atom stereocenters. The van der Waals surface area contributed by atoms with E-state index in [1.54, 1.807) is 0 Å². The van der Waals surface area contributed by atoms with Crippen LogP contribution in [0.5, 0.6) is 0 Å². The fourth-order valence-electron chi connectivity index (χ4n) is 3.14. The molecule has 25 heavy (non-hydrogen) atoms. The minimum Gasteiger partial charge on any atom is -0.354 e. The summed E-state index contributed by atoms with van der Waals surface area (Å²) >= 11 is 0. The third-order valence-corrected chi connectivity index (χ3v) is 4.50. The molecule has 4 rings (SSSR count). The van der Waals surface area contributed by atoms with Crippen molar-refractivity contribution in [3.05, 3.63) is 72.7 Å². The van der Waals surface area contributed by atoms with Crippen LogP contribution in [0.1, 0.15) is 5.56 Å². The van der Waals surface area contributed by atoms with E-state index in [4.69, 9.17) is 4.98 Å². The van der Waals surface area contributed by atoms with Gasteiger partial charge in [0.05, 0.1) is 0 Å². The highest BCUT2D eigenvalue weighted by Gasteiger charge is 2.18. The van der Waals surface area contributed by atoms with Crippen molar-refractivity contribution in [3.63, 3.8) is 0 Å². The second-order valence-corrected chi connectivity index (χ2v) is 6.23. The summed E-state index contributed by atoms with van der Waals surface area (Å²) in [6.07, 6.45) is 5.62. The predicted molar refractivity (Wildman–Crippen MR) is 99.2 cm³/mol. The molecule has 1 fully saturated rings. The van der Waals surface area contributed by atoms with Gasteiger partial charge in [-0.1, -0.05) is 36.4 Å². The quantitative estimate of drug-likeness (QED) is 0.735. The highest BCUT2D eigenvalue weighted by molar-refractivity contribution is 5.57. The maximum absolute atomic E-state index is 4.76. The molecule has 3 aromatic rings. The molecule has 3 heterocycles. The zero-order valence-corrected chi connectivity index (χ0v) is 14.1. The molecule has 1 saturated heterocycles. The lowest BCUT2D eigenvalue weighted by atomic mass is 10.2. The fraction of sp³-hybridized carbons (Fsp3) is 0.250. The molecule has 1 aromatic carbocycles. The molecule has 0 N–H and O–H groups in total. The maximum atomic E-state index is 4.76. The number of hydrogen-bond acceptors (Lipinski definition) is 5. The maximum Gasteiger partial charge on any atom is 0.161 e. The molecule has 0 radical (unpaired) electrons. The van der Waals surface area contributed by atoms with Gasteiger partial charge in [-0.2, -0.15) is 0 Å². The van der Waals surface area contributed by atoms with E-state index in [0.29, 0.717) is 0 Å². The SMILES string of the molecule is c1ccc(-c2nccc(N3CCN(Cc4cccnc4)CC3)n2)cc1. The molecule has 2 aromatic heterocycles. The Balaban J connectivity index is 1.41. The zero-order valence-electron chi connectivity index (χ0n) is 14.1. The van der Waals surface area contributed by atoms with Gasteiger partial charge in [0.25, 0.3) is 0 Å². The standard InChI is InChI=1S/C20H21N5/c1-2-6-18(7-3-1)20-22-10-8-19(23-20)25-13-11-24(12-14-25)16-17-5-4-9-21-15-17/h1-10,15H,11-14,16H2. The Kier molecular flexibility index (Phi) is 4.65. The van der Waals surface area contributed by atoms with Crippen LogP contribution in [-0.4, -0.2) is 46.0 Å². The average molecular weight is 331 g/mol. The third-order valence-electron chi connectivity index (χ3n) is 4.50. The van der Waals surface area contributed by atoms with E-state index in [1.807, 2.05) is 61.1 Å². The summed E-state index contributed by atoms with van der Waals surface area (Å²) in [5.74, 6) is 1.80. The van der Waals surface area contributed by atoms with Gasteiger partial charge in [0, 0.05) is 56.9 Å². The Hall–Kier alpha value is -2.79. The van der Waals surface area contributed by atoms with Gasteiger partial charge in [-0.15, -0.1) is 0 Å². The summed E-state index contributed by atoms with van der Waals surface area (Å²) in [5, 5.41) is 0. The van der Waals surface area contributed by atoms with Crippen LogP contribution in [0.2, 0.25) is 0 Å². The van der Waals surface area contributed by atoms with E-state index < -0.39 is 0 Å². The van der Waals surface area contributed by atoms with Crippen LogP contribution in [0, 0.1) is 0 Å². The Morgan fingerprint density at radius 1 is 0.840 bits per heavy atom. The largest absolute Gasteiger partial charge is 0.354 e. The number of piperazine rings is 1. The van der Waals surface area contributed by atoms with E-state index in [-0.39, 0.29) is 0 Å². The number of nitrogens with zero attached hydrogens (tertiary/aromatic N) is 5. The number of pyridine rings is 1. The van der Waals surface area contributed by atoms with Crippen LogP contribution >= 0.6 is 0 Å². The third kappa shape index (κ3) is 3.83. The topological polar surface area (TPSA) is 45.2 Å². The van der Waals surface area contributed by atoms with Crippen LogP contribution < -0.4 is 4.90 Å². The molecule has 5 nitrogen and oxygen atoms in total. The van der Waals surface area contributed by atoms with E-state index in [2.05, 4.69) is 25.8 Å². The number of benzene rings is 1. The van der Waals surface area contributed by atoms with E-state index in [0.717, 1.165) is 49.9 Å². The monoisotopic (exact) mass is 331 g/mol. The minimum atomic E-state index is 0.788. The Morgan fingerprint density at radius 3 is 2.44 bits per heavy atom. The van der Waals surface area contributed by atoms with Crippen LogP contribution in [0.25, 0.3) is 11.4 Å². The van der Waals surface area contributed by atoms with Crippen molar-refractivity contribution in [2.75, 3.05) is 31.1 Å². The van der Waals surface area contributed by atoms with Gasteiger partial charge in [-0.25, -0.2) is 9.97 Å². The van der Waals surface area contributed by atoms with Crippen molar-refractivity contribution < 1.29 is 0 Å². The van der Waals surface area contributed by atoms with Gasteiger partial charge < -0.3 is 4.90 Å². The Morgan fingerprint density at radius 2 is 1.68 bits per heavy atom. The fourth-order valence-corrected chi connectivity index (χ4v) is 3.14. The highest BCUT2D eigenvalue weighted by Crippen LogP contribution is 2.19. The van der Waals surface area contributed by atoms with E-state index >= 15 is 0 Å². The van der Waals surface area contributed by atoms with Gasteiger partial charge >= 0.3 is 0 Å². The molecule has 0 aliphatic carbocycles. The van der Waals surface area contributed by atoms with Crippen molar-refractivity contribution in [2.24, 2.45) is 0 Å². The first-order chi connectivity index (χ1) is 12.4. The first kappa shape index (κ1) is 15.7. The second kappa shape index (κ2) is 7.40. The van der Waals surface area contributed by atoms with Crippen molar-refractivity contribution in [1.29, 1.82) is 0 Å². The lowest BCUT2D eigenvalue weighted by molar-refractivity contribution is 0.249. The summed E-state index contributed by atoms with van der Waals surface area (Å²) in [5.41, 5.74) is 2.32. The lowest BCUT2D eigenvalue weighted by Gasteiger charge is -2.35. The smallest absolute Gasteiger partial charge is 0.161 e. The van der Waals surface area contributed by atoms with Gasteiger partial charge in [0.2, 0.25) is 0 Å². The van der Waals surface area contributed by atoms with Gasteiger partial charge in [0.1, 0.15) is 5.82 Å². The van der Waals surface area contributed by atoms with Crippen LogP contribution in [0.4, 0.5) is 5.82 Å². The number of hydrogen-bond donors (Lipinski definition) is 0. The molecular weight excluding hydrogens is 310 g/mol. The Labute approximate surface area is 148 Å². The summed E-state index contributed by atoms with van der Waals surface area (Å²) in [6.45, 7) is 4.97. The number of anilines is 1. The molecule has 1 aliphatic rings. The molecule has 5 heteroatoms. The van der Waals surface area contributed by atoms with Gasteiger partial charge in [0.15, 0.2) is 5.82 Å². The molecule has 0 spiro atoms. The molecule has 126 valence electrons. The molecule has 0 amide bonds. The minimum absolute atomic E-state index is 0.788. The highest BCUT2D eigenvalue weighted by atomic mass is 15.3. The van der Waals surface area contributed by atoms with Crippen LogP contribution in [-0.2, 0) is 6.54 Å². The summed E-state index contributed by atoms with van der Waals surface area (Å²) in [4.78, 5) is 18.2. The molecule has 0 unspecified atom stereocenters. The van der Waals surface area contributed by atoms with Gasteiger partial charge in [-0.05, 0) is 17.7 Å². The van der Waals surface area contributed by atoms with Crippen molar-refractivity contribution >= 4 is 5.82 Å². The van der Waals surface area contributed by atoms with Crippen molar-refractivity contribution in [3.8, 4) is 11.4 Å². The van der Waals surface area contributed by atoms with Crippen molar-refractivity contribution in [2.45, 2.75) is 6.54 Å². The summed E-state index contributed by atoms with van der Waals surface area (Å²) in [7, 11) is 0. The molecule has 0 saturated carbocycles. The molecule has 0 bridgehead atoms. The summed E-state index contributed by atoms with van der Waals surface area (Å²) in [6, 6.07) is 16.3. The van der Waals surface area contributed by atoms with E-state index in [1.165, 1.54) is 5.56 Å². The van der Waals surface area contributed by atoms with E-state index in [9.17, 15) is 0 Å². The summed E-state index contributed by atoms with van der Waals surface area (Å²) < 4.78 is 0. The van der Waals surface area contributed by atoms with Gasteiger partial charge in [-0.3, -0.25) is 9.88 Å². The first-order valence-electron chi connectivity index (χ1n) is 8.63. The second-order valence-electron chi connectivity index (χ2n) is 6.23. The number of aromatic nitrogens is 3. The van der Waals surface area contributed by atoms with Crippen LogP contribution in [0.3, 0.4) is 0 Å². The average Bonchev–Trinajstić information content (AvgIpc) is 2.70. The predicted octanol–water partition coefficient (Wildman–Crippen LogP) is 2.86. The van der Waals surface area contributed by atoms with Crippen LogP contribution in [0.15, 0.2) is 67.1 Å². The van der Waals surface area contributed by atoms with Crippen molar-refractivity contribution in [1.82, 2.24) is 19.9 Å². The zero-order chi connectivity index (χ0) is 16.9. The lowest BCUT2D eigenvalue weighted by Crippen LogP contribution is -2.46.